The van der Waals surface area contributed by atoms with E-state index in [0.29, 0.717) is 0 Å². The first-order valence-electron chi connectivity index (χ1n) is 7.56. The quantitative estimate of drug-likeness (QED) is 0.769. The maximum atomic E-state index is 14.1. The number of halogens is 1. The molecule has 1 aliphatic rings. The molecule has 0 radical (unpaired) electrons. The Morgan fingerprint density at radius 3 is 2.59 bits per heavy atom. The van der Waals surface area contributed by atoms with Gasteiger partial charge >= 0.3 is 0 Å². The number of hydrogen-bond donors (Lipinski definition) is 3. The summed E-state index contributed by atoms with van der Waals surface area (Å²) in [5.41, 5.74) is 11.1. The Morgan fingerprint density at radius 2 is 2.05 bits per heavy atom. The highest BCUT2D eigenvalue weighted by molar-refractivity contribution is 5.95. The lowest BCUT2D eigenvalue weighted by molar-refractivity contribution is 0.0992. The summed E-state index contributed by atoms with van der Waals surface area (Å²) in [5.74, 6) is -1.24. The summed E-state index contributed by atoms with van der Waals surface area (Å²) in [6, 6.07) is 1.41. The van der Waals surface area contributed by atoms with Crippen molar-refractivity contribution in [3.63, 3.8) is 0 Å². The molecule has 0 aromatic carbocycles. The molecule has 6 nitrogen and oxygen atoms in total. The first-order valence-corrected chi connectivity index (χ1v) is 7.56. The standard InChI is InChI=1S/C15H23FN4O2/c1-8(2)22-15-11(13(18)21)7-12(16)14(20-15)19-10-5-3-9(17)4-6-10/h7-10H,3-6,17H2,1-2H3,(H2,18,21)(H,19,20)/t9-,10-. The molecule has 1 aromatic rings. The third kappa shape index (κ3) is 4.07. The van der Waals surface area contributed by atoms with Gasteiger partial charge in [-0.05, 0) is 45.6 Å². The highest BCUT2D eigenvalue weighted by Crippen LogP contribution is 2.26. The number of nitrogens with two attached hydrogens (primary N) is 2. The molecule has 1 aromatic heterocycles. The number of amides is 1. The molecule has 1 saturated carbocycles. The molecule has 2 rings (SSSR count). The number of anilines is 1. The van der Waals surface area contributed by atoms with E-state index in [0.717, 1.165) is 31.7 Å². The molecule has 1 fully saturated rings. The number of nitrogens with zero attached hydrogens (tertiary/aromatic N) is 1. The van der Waals surface area contributed by atoms with Gasteiger partial charge in [0.05, 0.1) is 6.10 Å². The van der Waals surface area contributed by atoms with Gasteiger partial charge in [-0.15, -0.1) is 0 Å². The first kappa shape index (κ1) is 16.5. The Morgan fingerprint density at radius 1 is 1.41 bits per heavy atom. The third-order valence-electron chi connectivity index (χ3n) is 3.67. The van der Waals surface area contributed by atoms with Crippen LogP contribution in [-0.4, -0.2) is 29.1 Å². The smallest absolute Gasteiger partial charge is 0.254 e. The van der Waals surface area contributed by atoms with Gasteiger partial charge < -0.3 is 21.5 Å². The van der Waals surface area contributed by atoms with Crippen molar-refractivity contribution in [2.24, 2.45) is 11.5 Å². The molecule has 0 unspecified atom stereocenters. The maximum absolute atomic E-state index is 14.1. The zero-order chi connectivity index (χ0) is 16.3. The Hall–Kier alpha value is -1.89. The van der Waals surface area contributed by atoms with E-state index in [9.17, 15) is 9.18 Å². The van der Waals surface area contributed by atoms with Crippen LogP contribution >= 0.6 is 0 Å². The predicted molar refractivity (Wildman–Crippen MR) is 82.3 cm³/mol. The Labute approximate surface area is 129 Å². The molecule has 1 amide bonds. The number of carbonyl (C=O) groups excluding carboxylic acids is 1. The number of pyridine rings is 1. The van der Waals surface area contributed by atoms with E-state index in [4.69, 9.17) is 16.2 Å². The minimum atomic E-state index is -0.766. The molecule has 122 valence electrons. The second-order valence-corrected chi connectivity index (χ2v) is 5.96. The molecule has 0 bridgehead atoms. The van der Waals surface area contributed by atoms with Crippen LogP contribution in [0.15, 0.2) is 6.07 Å². The maximum Gasteiger partial charge on any atom is 0.254 e. The lowest BCUT2D eigenvalue weighted by atomic mass is 9.92. The summed E-state index contributed by atoms with van der Waals surface area (Å²) in [7, 11) is 0. The minimum Gasteiger partial charge on any atom is -0.474 e. The minimum absolute atomic E-state index is 0.0533. The number of aromatic nitrogens is 1. The Bertz CT molecular complexity index is 543. The average molecular weight is 310 g/mol. The number of primary amides is 1. The normalized spacial score (nSPS) is 21.7. The second kappa shape index (κ2) is 6.91. The zero-order valence-corrected chi connectivity index (χ0v) is 12.9. The van der Waals surface area contributed by atoms with Crippen LogP contribution in [0.3, 0.4) is 0 Å². The van der Waals surface area contributed by atoms with Crippen LogP contribution in [0.4, 0.5) is 10.2 Å². The van der Waals surface area contributed by atoms with Crippen LogP contribution in [0, 0.1) is 5.82 Å². The number of carbonyl (C=O) groups is 1. The highest BCUT2D eigenvalue weighted by Gasteiger charge is 2.22. The van der Waals surface area contributed by atoms with Gasteiger partial charge in [0, 0.05) is 12.1 Å². The third-order valence-corrected chi connectivity index (χ3v) is 3.67. The molecule has 0 spiro atoms. The number of nitrogens with one attached hydrogen (secondary N) is 1. The number of hydrogen-bond acceptors (Lipinski definition) is 5. The van der Waals surface area contributed by atoms with Gasteiger partial charge in [0.15, 0.2) is 11.6 Å². The molecule has 22 heavy (non-hydrogen) atoms. The van der Waals surface area contributed by atoms with E-state index in [-0.39, 0.29) is 35.4 Å². The summed E-state index contributed by atoms with van der Waals surface area (Å²) in [5, 5.41) is 3.08. The van der Waals surface area contributed by atoms with Crippen molar-refractivity contribution in [2.75, 3.05) is 5.32 Å². The second-order valence-electron chi connectivity index (χ2n) is 5.96. The fourth-order valence-electron chi connectivity index (χ4n) is 2.52. The largest absolute Gasteiger partial charge is 0.474 e. The van der Waals surface area contributed by atoms with Gasteiger partial charge in [-0.3, -0.25) is 4.79 Å². The summed E-state index contributed by atoms with van der Waals surface area (Å²) in [4.78, 5) is 15.5. The van der Waals surface area contributed by atoms with Crippen LogP contribution in [0.1, 0.15) is 49.9 Å². The lowest BCUT2D eigenvalue weighted by Gasteiger charge is -2.27. The van der Waals surface area contributed by atoms with E-state index in [1.165, 1.54) is 0 Å². The van der Waals surface area contributed by atoms with Crippen molar-refractivity contribution >= 4 is 11.7 Å². The van der Waals surface area contributed by atoms with Crippen molar-refractivity contribution < 1.29 is 13.9 Å². The van der Waals surface area contributed by atoms with Crippen LogP contribution in [0.25, 0.3) is 0 Å². The van der Waals surface area contributed by atoms with Gasteiger partial charge in [0.25, 0.3) is 5.91 Å². The van der Waals surface area contributed by atoms with Gasteiger partial charge in [0.2, 0.25) is 5.88 Å². The number of ether oxygens (including phenoxy) is 1. The van der Waals surface area contributed by atoms with E-state index >= 15 is 0 Å². The zero-order valence-electron chi connectivity index (χ0n) is 12.9. The summed E-state index contributed by atoms with van der Waals surface area (Å²) in [6.07, 6.45) is 3.32. The topological polar surface area (TPSA) is 103 Å². The van der Waals surface area contributed by atoms with Crippen molar-refractivity contribution in [3.8, 4) is 5.88 Å². The van der Waals surface area contributed by atoms with E-state index in [2.05, 4.69) is 10.3 Å². The average Bonchev–Trinajstić information content (AvgIpc) is 2.43. The fraction of sp³-hybridized carbons (Fsp3) is 0.600. The summed E-state index contributed by atoms with van der Waals surface area (Å²) < 4.78 is 19.6. The number of rotatable bonds is 5. The highest BCUT2D eigenvalue weighted by atomic mass is 19.1. The fourth-order valence-corrected chi connectivity index (χ4v) is 2.52. The molecular weight excluding hydrogens is 287 g/mol. The first-order chi connectivity index (χ1) is 10.4. The van der Waals surface area contributed by atoms with Crippen molar-refractivity contribution in [2.45, 2.75) is 57.7 Å². The molecule has 0 atom stereocenters. The van der Waals surface area contributed by atoms with Crippen molar-refractivity contribution in [3.05, 3.63) is 17.4 Å². The predicted octanol–water partition coefficient (Wildman–Crippen LogP) is 1.79. The van der Waals surface area contributed by atoms with Crippen LogP contribution in [-0.2, 0) is 0 Å². The summed E-state index contributed by atoms with van der Waals surface area (Å²) >= 11 is 0. The monoisotopic (exact) mass is 310 g/mol. The van der Waals surface area contributed by atoms with Gasteiger partial charge in [0.1, 0.15) is 5.56 Å². The molecular formula is C15H23FN4O2. The van der Waals surface area contributed by atoms with Crippen LogP contribution < -0.4 is 21.5 Å². The van der Waals surface area contributed by atoms with Crippen LogP contribution in [0.2, 0.25) is 0 Å². The Kier molecular flexibility index (Phi) is 5.18. The van der Waals surface area contributed by atoms with E-state index in [1.807, 2.05) is 0 Å². The van der Waals surface area contributed by atoms with Gasteiger partial charge in [-0.1, -0.05) is 0 Å². The molecule has 0 saturated heterocycles. The lowest BCUT2D eigenvalue weighted by Crippen LogP contribution is -2.33. The van der Waals surface area contributed by atoms with Gasteiger partial charge in [-0.25, -0.2) is 4.39 Å². The molecule has 5 N–H and O–H groups in total. The molecule has 7 heteroatoms. The van der Waals surface area contributed by atoms with Crippen molar-refractivity contribution in [1.82, 2.24) is 4.98 Å². The Balaban J connectivity index is 2.21. The van der Waals surface area contributed by atoms with Crippen molar-refractivity contribution in [1.29, 1.82) is 0 Å². The van der Waals surface area contributed by atoms with Gasteiger partial charge in [-0.2, -0.15) is 4.98 Å². The molecule has 1 heterocycles. The molecule has 1 aliphatic carbocycles. The van der Waals surface area contributed by atoms with Crippen LogP contribution in [0.5, 0.6) is 5.88 Å². The van der Waals surface area contributed by atoms with E-state index in [1.54, 1.807) is 13.8 Å². The SMILES string of the molecule is CC(C)Oc1nc(N[C@H]2CC[C@H](N)CC2)c(F)cc1C(N)=O. The summed E-state index contributed by atoms with van der Waals surface area (Å²) in [6.45, 7) is 3.59. The molecule has 0 aliphatic heterocycles. The van der Waals surface area contributed by atoms with E-state index < -0.39 is 11.7 Å².